The van der Waals surface area contributed by atoms with Crippen molar-refractivity contribution >= 4 is 53.3 Å². The summed E-state index contributed by atoms with van der Waals surface area (Å²) in [6.45, 7) is 14.4. The Hall–Kier alpha value is -2.21. The average Bonchev–Trinajstić information content (AvgIpc) is 3.48. The first kappa shape index (κ1) is 32.3. The number of carboxylic acid groups (broad SMARTS) is 1. The van der Waals surface area contributed by atoms with Crippen molar-refractivity contribution in [3.05, 3.63) is 45.9 Å². The quantitative estimate of drug-likeness (QED) is 0.238. The Morgan fingerprint density at radius 1 is 1.17 bits per heavy atom. The highest BCUT2D eigenvalue weighted by Gasteiger charge is 2.50. The van der Waals surface area contributed by atoms with Gasteiger partial charge in [0, 0.05) is 58.6 Å². The van der Waals surface area contributed by atoms with Gasteiger partial charge in [-0.2, -0.15) is 0 Å². The molecule has 5 heterocycles. The molecule has 8 nitrogen and oxygen atoms in total. The summed E-state index contributed by atoms with van der Waals surface area (Å²) in [5.74, 6) is 1.07. The average molecular weight is 684 g/mol. The summed E-state index contributed by atoms with van der Waals surface area (Å²) in [6.07, 6.45) is 5.63. The summed E-state index contributed by atoms with van der Waals surface area (Å²) in [7, 11) is -1.90. The van der Waals surface area contributed by atoms with Gasteiger partial charge in [-0.05, 0) is 91.9 Å². The highest BCUT2D eigenvalue weighted by Crippen LogP contribution is 2.58. The van der Waals surface area contributed by atoms with Gasteiger partial charge in [0.25, 0.3) is 0 Å². The second-order valence-corrected chi connectivity index (χ2v) is 21.5. The molecule has 248 valence electrons. The van der Waals surface area contributed by atoms with E-state index in [0.717, 1.165) is 65.0 Å². The van der Waals surface area contributed by atoms with E-state index in [-0.39, 0.29) is 23.4 Å². The minimum atomic E-state index is -1.90. The largest absolute Gasteiger partial charge is 0.465 e. The first-order valence-electron chi connectivity index (χ1n) is 16.7. The Bertz CT molecular complexity index is 1620. The fourth-order valence-electron chi connectivity index (χ4n) is 7.24. The van der Waals surface area contributed by atoms with Crippen molar-refractivity contribution in [1.29, 1.82) is 0 Å². The molecule has 3 aliphatic heterocycles. The van der Waals surface area contributed by atoms with Gasteiger partial charge in [0.05, 0.1) is 29.5 Å². The number of benzene rings is 1. The maximum Gasteiger partial charge on any atom is 0.407 e. The second-order valence-electron chi connectivity index (χ2n) is 15.1. The lowest BCUT2D eigenvalue weighted by atomic mass is 9.92. The van der Waals surface area contributed by atoms with Gasteiger partial charge < -0.3 is 28.8 Å². The number of amides is 1. The third kappa shape index (κ3) is 6.21. The molecule has 1 saturated carbocycles. The van der Waals surface area contributed by atoms with Gasteiger partial charge in [0.2, 0.25) is 0 Å². The summed E-state index contributed by atoms with van der Waals surface area (Å²) in [4.78, 5) is 22.5. The van der Waals surface area contributed by atoms with E-state index in [4.69, 9.17) is 30.5 Å². The number of rotatable bonds is 8. The van der Waals surface area contributed by atoms with E-state index in [1.165, 1.54) is 16.1 Å². The number of aromatic nitrogens is 1. The summed E-state index contributed by atoms with van der Waals surface area (Å²) in [6, 6.07) is 8.36. The molecular formula is C35H46ClN3O5SSi. The van der Waals surface area contributed by atoms with Crippen LogP contribution in [0.3, 0.4) is 0 Å². The van der Waals surface area contributed by atoms with Gasteiger partial charge in [0.1, 0.15) is 0 Å². The van der Waals surface area contributed by atoms with Crippen LogP contribution in [0, 0.1) is 5.92 Å². The fraction of sp³-hybridized carbons (Fsp3) is 0.600. The number of pyridine rings is 1. The van der Waals surface area contributed by atoms with Crippen LogP contribution in [0.25, 0.3) is 21.3 Å². The first-order chi connectivity index (χ1) is 21.9. The zero-order valence-corrected chi connectivity index (χ0v) is 30.1. The number of fused-ring (bicyclic) bond motifs is 4. The number of likely N-dealkylation sites (tertiary alicyclic amines) is 1. The highest BCUT2D eigenvalue weighted by molar-refractivity contribution is 7.19. The standard InChI is InChI=1S/C35H46ClN3O5SSi/c1-35(2,3)46(4,5)44-20-25-16-30-33(45-25)26(9-10-37-30)28-13-22(36)14-29-27-12-21(27)17-38(32(28)29)23-15-24(39(18-23)34(40)41)19-43-31-8-6-7-11-42-31/h9-10,13-14,16,21,23-24,27,31H,6-8,11-12,15,17-20H2,1-5H3,(H,40,41)/t21?,23-,24+,27?,31?/m0/s1. The number of nitrogens with zero attached hydrogens (tertiary/aromatic N) is 3. The van der Waals surface area contributed by atoms with E-state index in [2.05, 4.69) is 63.0 Å². The Morgan fingerprint density at radius 3 is 2.74 bits per heavy atom. The molecule has 7 rings (SSSR count). The van der Waals surface area contributed by atoms with Crippen molar-refractivity contribution in [2.75, 3.05) is 31.2 Å². The van der Waals surface area contributed by atoms with Crippen molar-refractivity contribution in [3.63, 3.8) is 0 Å². The summed E-state index contributed by atoms with van der Waals surface area (Å²) < 4.78 is 19.6. The van der Waals surface area contributed by atoms with Crippen molar-refractivity contribution in [2.45, 2.75) is 102 Å². The molecule has 3 aromatic rings. The summed E-state index contributed by atoms with van der Waals surface area (Å²) in [5, 5.41) is 11.1. The number of anilines is 1. The molecule has 11 heteroatoms. The monoisotopic (exact) mass is 683 g/mol. The third-order valence-corrected chi connectivity index (χ3v) is 16.8. The molecule has 1 aromatic carbocycles. The van der Waals surface area contributed by atoms with Crippen molar-refractivity contribution in [2.24, 2.45) is 5.92 Å². The molecule has 0 spiro atoms. The SMILES string of the molecule is CC(C)(C)[Si](C)(C)OCc1cc2nccc(-c3cc(Cl)cc4c3N([C@H]3C[C@H](COC5CCCCO5)N(C(=O)O)C3)CC3CC43)c2s1. The van der Waals surface area contributed by atoms with Crippen LogP contribution in [-0.2, 0) is 20.5 Å². The Kier molecular flexibility index (Phi) is 8.68. The van der Waals surface area contributed by atoms with E-state index < -0.39 is 14.4 Å². The van der Waals surface area contributed by atoms with E-state index in [1.54, 1.807) is 16.2 Å². The van der Waals surface area contributed by atoms with Crippen LogP contribution < -0.4 is 4.90 Å². The van der Waals surface area contributed by atoms with Crippen LogP contribution in [0.5, 0.6) is 0 Å². The molecule has 2 saturated heterocycles. The fourth-order valence-corrected chi connectivity index (χ4v) is 9.58. The van der Waals surface area contributed by atoms with Crippen molar-refractivity contribution < 1.29 is 23.8 Å². The number of thiophene rings is 1. The van der Waals surface area contributed by atoms with Gasteiger partial charge in [-0.25, -0.2) is 4.79 Å². The van der Waals surface area contributed by atoms with E-state index in [0.29, 0.717) is 38.2 Å². The predicted molar refractivity (Wildman–Crippen MR) is 187 cm³/mol. The molecule has 1 amide bonds. The van der Waals surface area contributed by atoms with Crippen molar-refractivity contribution in [3.8, 4) is 11.1 Å². The van der Waals surface area contributed by atoms with Crippen LogP contribution >= 0.6 is 22.9 Å². The number of hydrogen-bond donors (Lipinski definition) is 1. The summed E-state index contributed by atoms with van der Waals surface area (Å²) >= 11 is 8.62. The molecule has 3 unspecified atom stereocenters. The number of hydrogen-bond acceptors (Lipinski definition) is 7. The van der Waals surface area contributed by atoms with Gasteiger partial charge in [-0.3, -0.25) is 4.98 Å². The molecule has 1 N–H and O–H groups in total. The molecule has 3 fully saturated rings. The topological polar surface area (TPSA) is 84.4 Å². The zero-order chi connectivity index (χ0) is 32.4. The summed E-state index contributed by atoms with van der Waals surface area (Å²) in [5.41, 5.74) is 5.70. The van der Waals surface area contributed by atoms with Crippen molar-refractivity contribution in [1.82, 2.24) is 9.88 Å². The number of carbonyl (C=O) groups is 1. The lowest BCUT2D eigenvalue weighted by Crippen LogP contribution is -2.42. The minimum Gasteiger partial charge on any atom is -0.465 e. The molecule has 0 bridgehead atoms. The van der Waals surface area contributed by atoms with Gasteiger partial charge in [-0.15, -0.1) is 11.3 Å². The van der Waals surface area contributed by atoms with Crippen LogP contribution in [0.2, 0.25) is 23.2 Å². The first-order valence-corrected chi connectivity index (χ1v) is 20.8. The molecule has 4 aliphatic rings. The van der Waals surface area contributed by atoms with Gasteiger partial charge in [-0.1, -0.05) is 32.4 Å². The normalized spacial score (nSPS) is 26.3. The lowest BCUT2D eigenvalue weighted by molar-refractivity contribution is -0.168. The highest BCUT2D eigenvalue weighted by atomic mass is 35.5. The molecule has 2 aromatic heterocycles. The van der Waals surface area contributed by atoms with E-state index in [9.17, 15) is 9.90 Å². The van der Waals surface area contributed by atoms with Gasteiger partial charge >= 0.3 is 6.09 Å². The maximum atomic E-state index is 12.5. The van der Waals surface area contributed by atoms with E-state index >= 15 is 0 Å². The van der Waals surface area contributed by atoms with Gasteiger partial charge in [0.15, 0.2) is 14.6 Å². The number of halogens is 1. The minimum absolute atomic E-state index is 0.0476. The molecule has 0 radical (unpaired) electrons. The third-order valence-electron chi connectivity index (χ3n) is 11.0. The van der Waals surface area contributed by atoms with Crippen LogP contribution in [0.1, 0.15) is 69.2 Å². The molecule has 5 atom stereocenters. The smallest absolute Gasteiger partial charge is 0.407 e. The predicted octanol–water partition coefficient (Wildman–Crippen LogP) is 8.73. The number of ether oxygens (including phenoxy) is 2. The van der Waals surface area contributed by atoms with Crippen LogP contribution in [0.4, 0.5) is 10.5 Å². The second kappa shape index (κ2) is 12.3. The van der Waals surface area contributed by atoms with E-state index in [1.807, 2.05) is 6.20 Å². The van der Waals surface area contributed by atoms with Crippen LogP contribution in [0.15, 0.2) is 30.5 Å². The zero-order valence-electron chi connectivity index (χ0n) is 27.6. The molecular weight excluding hydrogens is 638 g/mol. The Balaban J connectivity index is 1.21. The molecule has 1 aliphatic carbocycles. The lowest BCUT2D eigenvalue weighted by Gasteiger charge is -2.38. The maximum absolute atomic E-state index is 12.5. The molecule has 46 heavy (non-hydrogen) atoms. The Morgan fingerprint density at radius 2 is 2.00 bits per heavy atom. The Labute approximate surface area is 282 Å². The van der Waals surface area contributed by atoms with Crippen LogP contribution in [-0.4, -0.2) is 74.1 Å².